The van der Waals surface area contributed by atoms with Crippen molar-refractivity contribution in [3.8, 4) is 0 Å². The van der Waals surface area contributed by atoms with Gasteiger partial charge in [-0.15, -0.1) is 0 Å². The number of urea groups is 1. The third-order valence-corrected chi connectivity index (χ3v) is 4.75. The van der Waals surface area contributed by atoms with Gasteiger partial charge in [0, 0.05) is 31.9 Å². The third-order valence-electron chi connectivity index (χ3n) is 4.75. The van der Waals surface area contributed by atoms with Gasteiger partial charge in [-0.3, -0.25) is 9.88 Å². The van der Waals surface area contributed by atoms with E-state index >= 15 is 0 Å². The molecule has 1 atom stereocenters. The average Bonchev–Trinajstić information content (AvgIpc) is 2.57. The first-order valence-electron chi connectivity index (χ1n) is 9.27. The second-order valence-corrected chi connectivity index (χ2v) is 7.09. The summed E-state index contributed by atoms with van der Waals surface area (Å²) in [5.41, 5.74) is 3.05. The number of rotatable bonds is 7. The summed E-state index contributed by atoms with van der Waals surface area (Å²) in [6.07, 6.45) is 4.39. The van der Waals surface area contributed by atoms with Gasteiger partial charge in [-0.05, 0) is 57.4 Å². The van der Waals surface area contributed by atoms with Crippen LogP contribution in [0.5, 0.6) is 0 Å². The molecule has 1 aliphatic heterocycles. The van der Waals surface area contributed by atoms with E-state index in [0.29, 0.717) is 19.1 Å². The summed E-state index contributed by atoms with van der Waals surface area (Å²) in [7, 11) is 1.79. The van der Waals surface area contributed by atoms with Crippen LogP contribution in [0.15, 0.2) is 12.1 Å². The average molecular weight is 348 g/mol. The minimum Gasteiger partial charge on any atom is -0.395 e. The molecule has 2 rings (SSSR count). The molecule has 1 aliphatic rings. The van der Waals surface area contributed by atoms with Crippen molar-refractivity contribution in [1.82, 2.24) is 20.1 Å². The van der Waals surface area contributed by atoms with Crippen LogP contribution >= 0.6 is 0 Å². The number of aliphatic hydroxyl groups is 1. The summed E-state index contributed by atoms with van der Waals surface area (Å²) in [5, 5.41) is 12.4. The molecule has 2 N–H and O–H groups in total. The van der Waals surface area contributed by atoms with E-state index < -0.39 is 0 Å². The Morgan fingerprint density at radius 2 is 2.20 bits per heavy atom. The zero-order valence-electron chi connectivity index (χ0n) is 15.8. The van der Waals surface area contributed by atoms with E-state index in [0.717, 1.165) is 42.9 Å². The Bertz CT molecular complexity index is 544. The van der Waals surface area contributed by atoms with Crippen molar-refractivity contribution in [1.29, 1.82) is 0 Å². The highest BCUT2D eigenvalue weighted by Gasteiger charge is 2.20. The molecule has 140 valence electrons. The van der Waals surface area contributed by atoms with Gasteiger partial charge in [0.05, 0.1) is 18.8 Å². The number of nitrogens with zero attached hydrogens (tertiary/aromatic N) is 3. The topological polar surface area (TPSA) is 68.7 Å². The molecular formula is C19H32N4O2. The SMILES string of the molecule is Cc1cc(C)nc(CN(C)C(=O)NCCCN2CCCCC2CO)c1. The van der Waals surface area contributed by atoms with Crippen LogP contribution in [-0.2, 0) is 6.54 Å². The zero-order valence-corrected chi connectivity index (χ0v) is 15.8. The van der Waals surface area contributed by atoms with E-state index in [-0.39, 0.29) is 12.6 Å². The van der Waals surface area contributed by atoms with Gasteiger partial charge in [-0.2, -0.15) is 0 Å². The fraction of sp³-hybridized carbons (Fsp3) is 0.684. The van der Waals surface area contributed by atoms with Gasteiger partial charge < -0.3 is 15.3 Å². The second-order valence-electron chi connectivity index (χ2n) is 7.09. The summed E-state index contributed by atoms with van der Waals surface area (Å²) in [6.45, 7) is 7.38. The molecule has 0 aliphatic carbocycles. The number of nitrogens with one attached hydrogen (secondary N) is 1. The lowest BCUT2D eigenvalue weighted by molar-refractivity contribution is 0.0893. The molecule has 1 aromatic rings. The van der Waals surface area contributed by atoms with Crippen molar-refractivity contribution < 1.29 is 9.90 Å². The Hall–Kier alpha value is -1.66. The van der Waals surface area contributed by atoms with Crippen LogP contribution < -0.4 is 5.32 Å². The highest BCUT2D eigenvalue weighted by atomic mass is 16.3. The van der Waals surface area contributed by atoms with Crippen LogP contribution in [0.3, 0.4) is 0 Å². The maximum atomic E-state index is 12.2. The number of aromatic nitrogens is 1. The minimum absolute atomic E-state index is 0.0710. The summed E-state index contributed by atoms with van der Waals surface area (Å²) < 4.78 is 0. The molecule has 0 radical (unpaired) electrons. The molecule has 1 saturated heterocycles. The normalized spacial score (nSPS) is 18.2. The highest BCUT2D eigenvalue weighted by Crippen LogP contribution is 2.16. The molecule has 6 heteroatoms. The Morgan fingerprint density at radius 3 is 2.92 bits per heavy atom. The second kappa shape index (κ2) is 9.73. The molecule has 0 bridgehead atoms. The maximum Gasteiger partial charge on any atom is 0.317 e. The fourth-order valence-electron chi connectivity index (χ4n) is 3.49. The number of piperidine rings is 1. The summed E-state index contributed by atoms with van der Waals surface area (Å²) in [5.74, 6) is 0. The van der Waals surface area contributed by atoms with Crippen molar-refractivity contribution in [3.63, 3.8) is 0 Å². The quantitative estimate of drug-likeness (QED) is 0.740. The zero-order chi connectivity index (χ0) is 18.2. The molecule has 1 aromatic heterocycles. The largest absolute Gasteiger partial charge is 0.395 e. The number of aryl methyl sites for hydroxylation is 2. The number of amides is 2. The molecule has 0 saturated carbocycles. The van der Waals surface area contributed by atoms with Gasteiger partial charge in [0.15, 0.2) is 0 Å². The third kappa shape index (κ3) is 6.29. The van der Waals surface area contributed by atoms with E-state index in [4.69, 9.17) is 0 Å². The van der Waals surface area contributed by atoms with Crippen LogP contribution in [0.25, 0.3) is 0 Å². The molecule has 2 amide bonds. The molecule has 1 unspecified atom stereocenters. The molecule has 0 spiro atoms. The number of likely N-dealkylation sites (tertiary alicyclic amines) is 1. The maximum absolute atomic E-state index is 12.2. The first-order chi connectivity index (χ1) is 12.0. The van der Waals surface area contributed by atoms with Crippen molar-refractivity contribution >= 4 is 6.03 Å². The standard InChI is InChI=1S/C19H32N4O2/c1-15-11-16(2)21-17(12-15)13-22(3)19(25)20-8-6-10-23-9-5-4-7-18(23)14-24/h11-12,18,24H,4-10,13-14H2,1-3H3,(H,20,25). The van der Waals surface area contributed by atoms with Crippen LogP contribution in [-0.4, -0.2) is 65.3 Å². The van der Waals surface area contributed by atoms with E-state index in [1.807, 2.05) is 26.0 Å². The van der Waals surface area contributed by atoms with Gasteiger partial charge in [-0.1, -0.05) is 6.42 Å². The van der Waals surface area contributed by atoms with E-state index in [1.54, 1.807) is 11.9 Å². The number of aliphatic hydroxyl groups excluding tert-OH is 1. The van der Waals surface area contributed by atoms with Gasteiger partial charge in [0.1, 0.15) is 0 Å². The molecule has 2 heterocycles. The van der Waals surface area contributed by atoms with Crippen molar-refractivity contribution in [2.45, 2.75) is 52.1 Å². The fourth-order valence-corrected chi connectivity index (χ4v) is 3.49. The number of hydrogen-bond donors (Lipinski definition) is 2. The molecule has 1 fully saturated rings. The van der Waals surface area contributed by atoms with Gasteiger partial charge in [0.2, 0.25) is 0 Å². The minimum atomic E-state index is -0.0710. The van der Waals surface area contributed by atoms with E-state index in [2.05, 4.69) is 15.2 Å². The van der Waals surface area contributed by atoms with Crippen molar-refractivity contribution in [3.05, 3.63) is 29.1 Å². The monoisotopic (exact) mass is 348 g/mol. The van der Waals surface area contributed by atoms with Crippen LogP contribution in [0.4, 0.5) is 4.79 Å². The van der Waals surface area contributed by atoms with E-state index in [1.165, 1.54) is 12.8 Å². The first-order valence-corrected chi connectivity index (χ1v) is 9.27. The summed E-state index contributed by atoms with van der Waals surface area (Å²) >= 11 is 0. The summed E-state index contributed by atoms with van der Waals surface area (Å²) in [6, 6.07) is 4.27. The number of hydrogen-bond acceptors (Lipinski definition) is 4. The Balaban J connectivity index is 1.70. The lowest BCUT2D eigenvalue weighted by Crippen LogP contribution is -2.43. The van der Waals surface area contributed by atoms with Crippen molar-refractivity contribution in [2.75, 3.05) is 33.3 Å². The van der Waals surface area contributed by atoms with Gasteiger partial charge in [-0.25, -0.2) is 4.79 Å². The number of carbonyl (C=O) groups is 1. The smallest absolute Gasteiger partial charge is 0.317 e. The molecule has 0 aromatic carbocycles. The first kappa shape index (κ1) is 19.7. The number of pyridine rings is 1. The predicted octanol–water partition coefficient (Wildman–Crippen LogP) is 2.08. The van der Waals surface area contributed by atoms with Gasteiger partial charge in [0.25, 0.3) is 0 Å². The lowest BCUT2D eigenvalue weighted by atomic mass is 10.0. The highest BCUT2D eigenvalue weighted by molar-refractivity contribution is 5.73. The molecule has 25 heavy (non-hydrogen) atoms. The van der Waals surface area contributed by atoms with Crippen molar-refractivity contribution in [2.24, 2.45) is 0 Å². The molecular weight excluding hydrogens is 316 g/mol. The predicted molar refractivity (Wildman–Crippen MR) is 99.5 cm³/mol. The number of carbonyl (C=O) groups excluding carboxylic acids is 1. The Kier molecular flexibility index (Phi) is 7.65. The van der Waals surface area contributed by atoms with Crippen LogP contribution in [0, 0.1) is 13.8 Å². The van der Waals surface area contributed by atoms with Crippen LogP contribution in [0.1, 0.15) is 42.6 Å². The Morgan fingerprint density at radius 1 is 1.40 bits per heavy atom. The molecule has 6 nitrogen and oxygen atoms in total. The van der Waals surface area contributed by atoms with E-state index in [9.17, 15) is 9.90 Å². The Labute approximate surface area is 151 Å². The van der Waals surface area contributed by atoms with Crippen LogP contribution in [0.2, 0.25) is 0 Å². The van der Waals surface area contributed by atoms with Gasteiger partial charge >= 0.3 is 6.03 Å². The lowest BCUT2D eigenvalue weighted by Gasteiger charge is -2.34. The summed E-state index contributed by atoms with van der Waals surface area (Å²) in [4.78, 5) is 20.7.